The normalized spacial score (nSPS) is 13.8. The smallest absolute Gasteiger partial charge is 0.233 e. The van der Waals surface area contributed by atoms with Crippen LogP contribution in [-0.4, -0.2) is 17.6 Å². The number of anilines is 1. The Hall–Kier alpha value is -2.40. The summed E-state index contributed by atoms with van der Waals surface area (Å²) in [5, 5.41) is 6.04. The molecule has 3 aromatic rings. The maximum absolute atomic E-state index is 12.7. The molecule has 0 aliphatic carbocycles. The molecule has 0 unspecified atom stereocenters. The number of amides is 1. The molecule has 0 bridgehead atoms. The van der Waals surface area contributed by atoms with Crippen LogP contribution in [-0.2, 0) is 17.6 Å². The molecule has 0 spiro atoms. The van der Waals surface area contributed by atoms with Crippen LogP contribution in [0.15, 0.2) is 52.4 Å². The topological polar surface area (TPSA) is 46.3 Å². The number of thiophene rings is 1. The minimum Gasteiger partial charge on any atom is -0.355 e. The van der Waals surface area contributed by atoms with Crippen LogP contribution in [0.3, 0.4) is 0 Å². The Morgan fingerprint density at radius 2 is 2.17 bits per heavy atom. The van der Waals surface area contributed by atoms with Gasteiger partial charge in [0.05, 0.1) is 17.0 Å². The van der Waals surface area contributed by atoms with Gasteiger partial charge in [-0.3, -0.25) is 4.79 Å². The van der Waals surface area contributed by atoms with Crippen molar-refractivity contribution in [2.75, 3.05) is 11.4 Å². The number of benzene rings is 1. The molecule has 1 aliphatic rings. The molecular formula is C18H16N2O2S. The SMILES string of the molecule is O=C(Cc1cc(-c2cccs2)on1)N1CCCc2ccccc21. The first kappa shape index (κ1) is 14.2. The largest absolute Gasteiger partial charge is 0.355 e. The van der Waals surface area contributed by atoms with Crippen LogP contribution in [0.2, 0.25) is 0 Å². The van der Waals surface area contributed by atoms with E-state index in [0.717, 1.165) is 35.7 Å². The van der Waals surface area contributed by atoms with E-state index < -0.39 is 0 Å². The lowest BCUT2D eigenvalue weighted by Gasteiger charge is -2.29. The minimum absolute atomic E-state index is 0.0724. The van der Waals surface area contributed by atoms with Crippen molar-refractivity contribution in [2.24, 2.45) is 0 Å². The summed E-state index contributed by atoms with van der Waals surface area (Å²) in [5.41, 5.74) is 2.96. The molecule has 1 aromatic carbocycles. The molecule has 4 nitrogen and oxygen atoms in total. The maximum Gasteiger partial charge on any atom is 0.233 e. The van der Waals surface area contributed by atoms with E-state index in [1.54, 1.807) is 11.3 Å². The van der Waals surface area contributed by atoms with E-state index >= 15 is 0 Å². The molecule has 1 aliphatic heterocycles. The number of aryl methyl sites for hydroxylation is 1. The summed E-state index contributed by atoms with van der Waals surface area (Å²) in [4.78, 5) is 15.6. The van der Waals surface area contributed by atoms with Gasteiger partial charge in [-0.1, -0.05) is 29.4 Å². The first-order chi connectivity index (χ1) is 11.3. The number of para-hydroxylation sites is 1. The molecule has 0 radical (unpaired) electrons. The lowest BCUT2D eigenvalue weighted by atomic mass is 10.0. The summed E-state index contributed by atoms with van der Waals surface area (Å²) in [5.74, 6) is 0.796. The Labute approximate surface area is 138 Å². The summed E-state index contributed by atoms with van der Waals surface area (Å²) in [6.45, 7) is 0.769. The van der Waals surface area contributed by atoms with Crippen molar-refractivity contribution >= 4 is 22.9 Å². The fraction of sp³-hybridized carbons (Fsp3) is 0.222. The molecule has 1 amide bonds. The molecule has 5 heteroatoms. The average molecular weight is 324 g/mol. The first-order valence-electron chi connectivity index (χ1n) is 7.69. The van der Waals surface area contributed by atoms with Crippen molar-refractivity contribution < 1.29 is 9.32 Å². The molecule has 0 fully saturated rings. The predicted octanol–water partition coefficient (Wildman–Crippen LogP) is 3.93. The zero-order chi connectivity index (χ0) is 15.6. The van der Waals surface area contributed by atoms with E-state index in [-0.39, 0.29) is 12.3 Å². The second kappa shape index (κ2) is 6.01. The third kappa shape index (κ3) is 2.80. The van der Waals surface area contributed by atoms with E-state index in [2.05, 4.69) is 11.2 Å². The highest BCUT2D eigenvalue weighted by Crippen LogP contribution is 2.28. The van der Waals surface area contributed by atoms with Crippen molar-refractivity contribution in [3.8, 4) is 10.6 Å². The van der Waals surface area contributed by atoms with Gasteiger partial charge in [0, 0.05) is 18.3 Å². The van der Waals surface area contributed by atoms with Crippen LogP contribution in [0, 0.1) is 0 Å². The lowest BCUT2D eigenvalue weighted by Crippen LogP contribution is -2.36. The van der Waals surface area contributed by atoms with Crippen molar-refractivity contribution in [1.29, 1.82) is 0 Å². The van der Waals surface area contributed by atoms with Gasteiger partial charge in [-0.25, -0.2) is 0 Å². The molecule has 0 saturated heterocycles. The summed E-state index contributed by atoms with van der Waals surface area (Å²) < 4.78 is 5.36. The highest BCUT2D eigenvalue weighted by Gasteiger charge is 2.23. The highest BCUT2D eigenvalue weighted by atomic mass is 32.1. The van der Waals surface area contributed by atoms with Crippen LogP contribution in [0.25, 0.3) is 10.6 Å². The van der Waals surface area contributed by atoms with Crippen LogP contribution in [0.1, 0.15) is 17.7 Å². The zero-order valence-corrected chi connectivity index (χ0v) is 13.4. The van der Waals surface area contributed by atoms with Gasteiger partial charge in [0.15, 0.2) is 5.76 Å². The van der Waals surface area contributed by atoms with E-state index in [9.17, 15) is 4.79 Å². The van der Waals surface area contributed by atoms with Gasteiger partial charge in [0.25, 0.3) is 0 Å². The number of carbonyl (C=O) groups is 1. The van der Waals surface area contributed by atoms with Crippen molar-refractivity contribution in [3.63, 3.8) is 0 Å². The number of rotatable bonds is 3. The number of carbonyl (C=O) groups excluding carboxylic acids is 1. The van der Waals surface area contributed by atoms with Crippen LogP contribution in [0.4, 0.5) is 5.69 Å². The van der Waals surface area contributed by atoms with Crippen molar-refractivity contribution in [1.82, 2.24) is 5.16 Å². The van der Waals surface area contributed by atoms with Crippen LogP contribution >= 0.6 is 11.3 Å². The van der Waals surface area contributed by atoms with E-state index in [1.807, 2.05) is 46.7 Å². The van der Waals surface area contributed by atoms with Crippen molar-refractivity contribution in [2.45, 2.75) is 19.3 Å². The number of hydrogen-bond acceptors (Lipinski definition) is 4. The summed E-state index contributed by atoms with van der Waals surface area (Å²) in [7, 11) is 0. The monoisotopic (exact) mass is 324 g/mol. The van der Waals surface area contributed by atoms with E-state index in [1.165, 1.54) is 5.56 Å². The number of aromatic nitrogens is 1. The Bertz CT molecular complexity index is 823. The summed E-state index contributed by atoms with van der Waals surface area (Å²) in [6, 6.07) is 13.9. The lowest BCUT2D eigenvalue weighted by molar-refractivity contribution is -0.118. The average Bonchev–Trinajstić information content (AvgIpc) is 3.25. The minimum atomic E-state index is 0.0724. The van der Waals surface area contributed by atoms with Gasteiger partial charge < -0.3 is 9.42 Å². The Balaban J connectivity index is 1.53. The van der Waals surface area contributed by atoms with Gasteiger partial charge in [-0.05, 0) is 35.9 Å². The van der Waals surface area contributed by atoms with Crippen LogP contribution in [0.5, 0.6) is 0 Å². The fourth-order valence-electron chi connectivity index (χ4n) is 2.97. The molecule has 0 atom stereocenters. The molecular weight excluding hydrogens is 308 g/mol. The quantitative estimate of drug-likeness (QED) is 0.733. The molecule has 4 rings (SSSR count). The van der Waals surface area contributed by atoms with Crippen molar-refractivity contribution in [3.05, 3.63) is 59.1 Å². The number of nitrogens with zero attached hydrogens (tertiary/aromatic N) is 2. The second-order valence-corrected chi connectivity index (χ2v) is 6.56. The van der Waals surface area contributed by atoms with Crippen LogP contribution < -0.4 is 4.90 Å². The maximum atomic E-state index is 12.7. The van der Waals surface area contributed by atoms with E-state index in [4.69, 9.17) is 4.52 Å². The predicted molar refractivity (Wildman–Crippen MR) is 90.6 cm³/mol. The third-order valence-electron chi connectivity index (χ3n) is 4.07. The van der Waals surface area contributed by atoms with E-state index in [0.29, 0.717) is 5.69 Å². The number of fused-ring (bicyclic) bond motifs is 1. The standard InChI is InChI=1S/C18H16N2O2S/c21-18(20-9-3-6-13-5-1-2-7-15(13)20)12-14-11-16(22-19-14)17-8-4-10-23-17/h1-2,4-5,7-8,10-11H,3,6,9,12H2. The molecule has 0 saturated carbocycles. The molecule has 0 N–H and O–H groups in total. The van der Waals surface area contributed by atoms with Gasteiger partial charge in [0.2, 0.25) is 5.91 Å². The van der Waals surface area contributed by atoms with Gasteiger partial charge in [-0.2, -0.15) is 0 Å². The van der Waals surface area contributed by atoms with Gasteiger partial charge in [-0.15, -0.1) is 11.3 Å². The zero-order valence-electron chi connectivity index (χ0n) is 12.6. The molecule has 116 valence electrons. The Morgan fingerprint density at radius 1 is 1.26 bits per heavy atom. The summed E-state index contributed by atoms with van der Waals surface area (Å²) in [6.07, 6.45) is 2.30. The first-order valence-corrected chi connectivity index (χ1v) is 8.57. The molecule has 3 heterocycles. The van der Waals surface area contributed by atoms with Gasteiger partial charge in [0.1, 0.15) is 0 Å². The van der Waals surface area contributed by atoms with Gasteiger partial charge >= 0.3 is 0 Å². The third-order valence-corrected chi connectivity index (χ3v) is 4.95. The Kier molecular flexibility index (Phi) is 3.71. The molecule has 2 aromatic heterocycles. The highest BCUT2D eigenvalue weighted by molar-refractivity contribution is 7.13. The molecule has 23 heavy (non-hydrogen) atoms. The fourth-order valence-corrected chi connectivity index (χ4v) is 3.65. The summed E-state index contributed by atoms with van der Waals surface area (Å²) >= 11 is 1.60. The number of hydrogen-bond donors (Lipinski definition) is 0. The second-order valence-electron chi connectivity index (χ2n) is 5.61. The Morgan fingerprint density at radius 3 is 3.04 bits per heavy atom.